The molecular weight excluding hydrogens is 323 g/mol. The molecule has 1 heterocycles. The summed E-state index contributed by atoms with van der Waals surface area (Å²) >= 11 is 11.0. The monoisotopic (exact) mass is 332 g/mol. The normalized spacial score (nSPS) is 12.7. The first kappa shape index (κ1) is 13.1. The zero-order chi connectivity index (χ0) is 12.4. The zero-order valence-electron chi connectivity index (χ0n) is 9.21. The lowest BCUT2D eigenvalue weighted by Gasteiger charge is -2.10. The van der Waals surface area contributed by atoms with Crippen molar-refractivity contribution < 1.29 is 4.39 Å². The summed E-state index contributed by atoms with van der Waals surface area (Å²) in [7, 11) is 0. The van der Waals surface area contributed by atoms with Crippen LogP contribution in [0.3, 0.4) is 0 Å². The molecule has 0 aliphatic heterocycles. The maximum absolute atomic E-state index is 13.9. The van der Waals surface area contributed by atoms with Crippen LogP contribution in [0.5, 0.6) is 0 Å². The van der Waals surface area contributed by atoms with Gasteiger partial charge in [-0.1, -0.05) is 46.6 Å². The topological polar surface area (TPSA) is 0 Å². The van der Waals surface area contributed by atoms with Crippen molar-refractivity contribution in [3.63, 3.8) is 0 Å². The van der Waals surface area contributed by atoms with Crippen molar-refractivity contribution in [3.05, 3.63) is 56.5 Å². The van der Waals surface area contributed by atoms with Gasteiger partial charge >= 0.3 is 0 Å². The Kier molecular flexibility index (Phi) is 4.23. The van der Waals surface area contributed by atoms with Crippen LogP contribution in [0, 0.1) is 5.82 Å². The third-order valence-electron chi connectivity index (χ3n) is 2.54. The van der Waals surface area contributed by atoms with Crippen LogP contribution in [0.25, 0.3) is 0 Å². The lowest BCUT2D eigenvalue weighted by Crippen LogP contribution is -1.94. The Balaban J connectivity index is 2.36. The van der Waals surface area contributed by atoms with Gasteiger partial charge in [-0.15, -0.1) is 11.3 Å². The van der Waals surface area contributed by atoms with E-state index < -0.39 is 0 Å². The Morgan fingerprint density at radius 2 is 2.12 bits per heavy atom. The molecule has 0 nitrogen and oxygen atoms in total. The van der Waals surface area contributed by atoms with Crippen LogP contribution in [0.15, 0.2) is 30.3 Å². The van der Waals surface area contributed by atoms with Crippen molar-refractivity contribution in [2.75, 3.05) is 0 Å². The van der Waals surface area contributed by atoms with Crippen LogP contribution < -0.4 is 0 Å². The molecule has 0 radical (unpaired) electrons. The molecule has 1 aromatic heterocycles. The minimum absolute atomic E-state index is 0.133. The average Bonchev–Trinajstić information content (AvgIpc) is 2.80. The Labute approximate surface area is 118 Å². The maximum Gasteiger partial charge on any atom is 0.146 e. The number of benzene rings is 1. The van der Waals surface area contributed by atoms with Gasteiger partial charge in [0.15, 0.2) is 0 Å². The molecule has 0 N–H and O–H groups in total. The van der Waals surface area contributed by atoms with Crippen molar-refractivity contribution >= 4 is 38.9 Å². The van der Waals surface area contributed by atoms with Crippen molar-refractivity contribution in [1.29, 1.82) is 0 Å². The van der Waals surface area contributed by atoms with Crippen molar-refractivity contribution in [2.45, 2.75) is 18.2 Å². The quantitative estimate of drug-likeness (QED) is 0.643. The number of halogens is 3. The third-order valence-corrected chi connectivity index (χ3v) is 5.41. The van der Waals surface area contributed by atoms with Crippen molar-refractivity contribution in [2.24, 2.45) is 0 Å². The average molecular weight is 334 g/mol. The number of thiophene rings is 1. The van der Waals surface area contributed by atoms with Gasteiger partial charge in [0.2, 0.25) is 0 Å². The number of alkyl halides is 1. The second kappa shape index (κ2) is 5.51. The molecule has 0 aliphatic rings. The highest BCUT2D eigenvalue weighted by Crippen LogP contribution is 2.37. The Bertz CT molecular complexity index is 524. The van der Waals surface area contributed by atoms with Crippen LogP contribution in [0.2, 0.25) is 5.02 Å². The van der Waals surface area contributed by atoms with Gasteiger partial charge in [-0.05, 0) is 24.6 Å². The standard InChI is InChI=1S/C13H11BrClFS/c1-2-8-6-7-11(17-8)12(14)9-4-3-5-10(15)13(9)16/h3-7,12H,2H2,1H3. The zero-order valence-corrected chi connectivity index (χ0v) is 12.4. The first-order valence-electron chi connectivity index (χ1n) is 5.30. The van der Waals surface area contributed by atoms with E-state index in [-0.39, 0.29) is 15.7 Å². The molecule has 1 unspecified atom stereocenters. The molecule has 0 amide bonds. The van der Waals surface area contributed by atoms with E-state index in [1.54, 1.807) is 29.5 Å². The maximum atomic E-state index is 13.9. The Morgan fingerprint density at radius 1 is 1.35 bits per heavy atom. The molecule has 2 rings (SSSR count). The van der Waals surface area contributed by atoms with E-state index in [9.17, 15) is 4.39 Å². The second-order valence-electron chi connectivity index (χ2n) is 3.66. The smallest absolute Gasteiger partial charge is 0.146 e. The van der Waals surface area contributed by atoms with E-state index in [0.29, 0.717) is 5.56 Å². The van der Waals surface area contributed by atoms with Gasteiger partial charge in [0, 0.05) is 15.3 Å². The molecule has 4 heteroatoms. The Hall–Kier alpha value is -0.380. The molecule has 0 fully saturated rings. The summed E-state index contributed by atoms with van der Waals surface area (Å²) in [6, 6.07) is 9.20. The highest BCUT2D eigenvalue weighted by Gasteiger charge is 2.18. The predicted octanol–water partition coefficient (Wildman–Crippen LogP) is 5.59. The fourth-order valence-corrected chi connectivity index (χ4v) is 3.51. The van der Waals surface area contributed by atoms with Crippen LogP contribution in [0.4, 0.5) is 4.39 Å². The SMILES string of the molecule is CCc1ccc(C(Br)c2cccc(Cl)c2F)s1. The predicted molar refractivity (Wildman–Crippen MR) is 75.9 cm³/mol. The number of aryl methyl sites for hydroxylation is 1. The van der Waals surface area contributed by atoms with Gasteiger partial charge in [0.05, 0.1) is 9.85 Å². The molecule has 0 bridgehead atoms. The molecule has 17 heavy (non-hydrogen) atoms. The van der Waals surface area contributed by atoms with E-state index in [4.69, 9.17) is 11.6 Å². The molecule has 2 aromatic rings. The first-order chi connectivity index (χ1) is 8.13. The highest BCUT2D eigenvalue weighted by molar-refractivity contribution is 9.09. The number of rotatable bonds is 3. The van der Waals surface area contributed by atoms with Crippen molar-refractivity contribution in [1.82, 2.24) is 0 Å². The van der Waals surface area contributed by atoms with E-state index >= 15 is 0 Å². The lowest BCUT2D eigenvalue weighted by molar-refractivity contribution is 0.614. The highest BCUT2D eigenvalue weighted by atomic mass is 79.9. The van der Waals surface area contributed by atoms with E-state index in [0.717, 1.165) is 11.3 Å². The molecule has 90 valence electrons. The molecule has 0 spiro atoms. The van der Waals surface area contributed by atoms with Gasteiger partial charge in [-0.3, -0.25) is 0 Å². The molecule has 0 saturated carbocycles. The van der Waals surface area contributed by atoms with Gasteiger partial charge in [-0.2, -0.15) is 0 Å². The summed E-state index contributed by atoms with van der Waals surface area (Å²) in [4.78, 5) is 2.27. The number of hydrogen-bond acceptors (Lipinski definition) is 1. The number of hydrogen-bond donors (Lipinski definition) is 0. The minimum atomic E-state index is -0.345. The first-order valence-corrected chi connectivity index (χ1v) is 7.41. The van der Waals surface area contributed by atoms with Crippen LogP contribution in [-0.4, -0.2) is 0 Å². The summed E-state index contributed by atoms with van der Waals surface area (Å²) in [5.41, 5.74) is 0.585. The summed E-state index contributed by atoms with van der Waals surface area (Å²) in [6.45, 7) is 2.11. The van der Waals surface area contributed by atoms with E-state index in [2.05, 4.69) is 28.9 Å². The van der Waals surface area contributed by atoms with Gasteiger partial charge in [-0.25, -0.2) is 4.39 Å². The van der Waals surface area contributed by atoms with Crippen molar-refractivity contribution in [3.8, 4) is 0 Å². The second-order valence-corrected chi connectivity index (χ2v) is 6.19. The molecule has 1 atom stereocenters. The molecular formula is C13H11BrClFS. The fraction of sp³-hybridized carbons (Fsp3) is 0.231. The summed E-state index contributed by atoms with van der Waals surface area (Å²) in [5, 5.41) is 0.166. The van der Waals surface area contributed by atoms with Gasteiger partial charge in [0.1, 0.15) is 5.82 Å². The summed E-state index contributed by atoms with van der Waals surface area (Å²) in [6.07, 6.45) is 1.00. The lowest BCUT2D eigenvalue weighted by atomic mass is 10.1. The molecule has 0 saturated heterocycles. The largest absolute Gasteiger partial charge is 0.205 e. The third kappa shape index (κ3) is 2.72. The summed E-state index contributed by atoms with van der Waals surface area (Å²) < 4.78 is 13.9. The minimum Gasteiger partial charge on any atom is -0.205 e. The van der Waals surface area contributed by atoms with Crippen LogP contribution in [-0.2, 0) is 6.42 Å². The van der Waals surface area contributed by atoms with Crippen LogP contribution >= 0.6 is 38.9 Å². The fourth-order valence-electron chi connectivity index (χ4n) is 1.59. The van der Waals surface area contributed by atoms with E-state index in [1.165, 1.54) is 4.88 Å². The van der Waals surface area contributed by atoms with Crippen LogP contribution in [0.1, 0.15) is 27.1 Å². The van der Waals surface area contributed by atoms with Gasteiger partial charge in [0.25, 0.3) is 0 Å². The molecule has 0 aliphatic carbocycles. The molecule has 1 aromatic carbocycles. The summed E-state index contributed by atoms with van der Waals surface area (Å²) in [5.74, 6) is -0.345. The van der Waals surface area contributed by atoms with E-state index in [1.807, 2.05) is 6.07 Å². The van der Waals surface area contributed by atoms with Gasteiger partial charge < -0.3 is 0 Å². The Morgan fingerprint density at radius 3 is 2.76 bits per heavy atom.